The fraction of sp³-hybridized carbons (Fsp3) is 0.333. The Morgan fingerprint density at radius 3 is 2.59 bits per heavy atom. The van der Waals surface area contributed by atoms with Crippen LogP contribution in [0.3, 0.4) is 0 Å². The number of rotatable bonds is 5. The van der Waals surface area contributed by atoms with Crippen LogP contribution in [0.1, 0.15) is 33.6 Å². The van der Waals surface area contributed by atoms with Gasteiger partial charge < -0.3 is 10.2 Å². The summed E-state index contributed by atoms with van der Waals surface area (Å²) in [6, 6.07) is 14.7. The third-order valence-electron chi connectivity index (χ3n) is 4.81. The van der Waals surface area contributed by atoms with Crippen molar-refractivity contribution in [3.8, 4) is 0 Å². The monoisotopic (exact) mass is 402 g/mol. The fourth-order valence-corrected chi connectivity index (χ4v) is 4.20. The first-order chi connectivity index (χ1) is 13.1. The second kappa shape index (κ2) is 9.29. The molecular weight excluding hydrogens is 380 g/mol. The number of likely N-dealkylation sites (tertiary alicyclic amines) is 1. The van der Waals surface area contributed by atoms with E-state index in [1.54, 1.807) is 36.0 Å². The zero-order valence-electron chi connectivity index (χ0n) is 15.3. The summed E-state index contributed by atoms with van der Waals surface area (Å²) in [5, 5.41) is 3.41. The van der Waals surface area contributed by atoms with Crippen molar-refractivity contribution in [1.82, 2.24) is 10.2 Å². The molecule has 2 aromatic rings. The van der Waals surface area contributed by atoms with Crippen molar-refractivity contribution in [3.05, 3.63) is 64.7 Å². The minimum Gasteiger partial charge on any atom is -0.352 e. The van der Waals surface area contributed by atoms with Gasteiger partial charge in [-0.1, -0.05) is 35.9 Å². The van der Waals surface area contributed by atoms with Crippen LogP contribution in [0.5, 0.6) is 0 Å². The first-order valence-corrected chi connectivity index (χ1v) is 10.7. The molecule has 1 N–H and O–H groups in total. The van der Waals surface area contributed by atoms with Gasteiger partial charge in [0, 0.05) is 24.5 Å². The highest BCUT2D eigenvalue weighted by Gasteiger charge is 2.26. The lowest BCUT2D eigenvalue weighted by molar-refractivity contribution is 0.0667. The van der Waals surface area contributed by atoms with Gasteiger partial charge in [-0.15, -0.1) is 11.8 Å². The van der Waals surface area contributed by atoms with Gasteiger partial charge in [-0.2, -0.15) is 0 Å². The summed E-state index contributed by atoms with van der Waals surface area (Å²) >= 11 is 7.67. The highest BCUT2D eigenvalue weighted by molar-refractivity contribution is 7.98. The molecule has 0 spiro atoms. The number of benzene rings is 2. The Labute approximate surface area is 169 Å². The molecule has 0 aromatic heterocycles. The van der Waals surface area contributed by atoms with Crippen LogP contribution in [0.15, 0.2) is 53.4 Å². The number of hydrogen-bond acceptors (Lipinski definition) is 3. The van der Waals surface area contributed by atoms with Crippen molar-refractivity contribution >= 4 is 35.2 Å². The van der Waals surface area contributed by atoms with Gasteiger partial charge in [0.1, 0.15) is 0 Å². The normalized spacial score (nSPS) is 16.8. The van der Waals surface area contributed by atoms with Gasteiger partial charge in [-0.05, 0) is 49.3 Å². The maximum absolute atomic E-state index is 12.9. The first kappa shape index (κ1) is 19.8. The van der Waals surface area contributed by atoms with E-state index in [1.165, 1.54) is 0 Å². The van der Waals surface area contributed by atoms with Gasteiger partial charge in [0.25, 0.3) is 11.8 Å². The number of thioether (sulfide) groups is 1. The average molecular weight is 403 g/mol. The Morgan fingerprint density at radius 2 is 1.85 bits per heavy atom. The molecule has 1 atom stereocenters. The van der Waals surface area contributed by atoms with E-state index in [0.29, 0.717) is 23.7 Å². The highest BCUT2D eigenvalue weighted by Crippen LogP contribution is 2.24. The maximum Gasteiger partial charge on any atom is 0.254 e. The number of carbonyl (C=O) groups is 2. The smallest absolute Gasteiger partial charge is 0.254 e. The van der Waals surface area contributed by atoms with Crippen molar-refractivity contribution in [1.29, 1.82) is 0 Å². The predicted octanol–water partition coefficient (Wildman–Crippen LogP) is 4.34. The molecule has 2 amide bonds. The molecule has 1 fully saturated rings. The molecule has 27 heavy (non-hydrogen) atoms. The Hall–Kier alpha value is -1.98. The van der Waals surface area contributed by atoms with Gasteiger partial charge in [-0.25, -0.2) is 0 Å². The Bertz CT molecular complexity index is 827. The Kier molecular flexibility index (Phi) is 6.80. The molecule has 142 valence electrons. The van der Waals surface area contributed by atoms with Gasteiger partial charge in [0.05, 0.1) is 16.1 Å². The van der Waals surface area contributed by atoms with Crippen LogP contribution in [-0.2, 0) is 0 Å². The van der Waals surface area contributed by atoms with Crippen LogP contribution in [0, 0.1) is 5.92 Å². The lowest BCUT2D eigenvalue weighted by atomic mass is 9.97. The van der Waals surface area contributed by atoms with Crippen molar-refractivity contribution < 1.29 is 9.59 Å². The molecule has 0 saturated carbocycles. The van der Waals surface area contributed by atoms with Crippen LogP contribution in [-0.4, -0.2) is 42.6 Å². The van der Waals surface area contributed by atoms with E-state index in [-0.39, 0.29) is 17.7 Å². The molecule has 3 rings (SSSR count). The molecule has 0 radical (unpaired) electrons. The lowest BCUT2D eigenvalue weighted by Crippen LogP contribution is -2.43. The largest absolute Gasteiger partial charge is 0.352 e. The molecule has 0 aliphatic carbocycles. The first-order valence-electron chi connectivity index (χ1n) is 9.05. The number of nitrogens with zero attached hydrogens (tertiary/aromatic N) is 1. The number of hydrogen-bond donors (Lipinski definition) is 1. The number of carbonyl (C=O) groups excluding carboxylic acids is 2. The van der Waals surface area contributed by atoms with Crippen LogP contribution >= 0.6 is 23.4 Å². The summed E-state index contributed by atoms with van der Waals surface area (Å²) < 4.78 is 0. The molecular formula is C21H23ClN2O2S. The second-order valence-electron chi connectivity index (χ2n) is 6.65. The molecule has 0 unspecified atom stereocenters. The van der Waals surface area contributed by atoms with E-state index < -0.39 is 0 Å². The SMILES string of the molecule is CSc1ccccc1C(=O)N1CCC[C@@H](CNC(=O)c2ccccc2Cl)C1. The van der Waals surface area contributed by atoms with Crippen LogP contribution in [0.2, 0.25) is 5.02 Å². The van der Waals surface area contributed by atoms with E-state index >= 15 is 0 Å². The van der Waals surface area contributed by atoms with Gasteiger partial charge in [-0.3, -0.25) is 9.59 Å². The Morgan fingerprint density at radius 1 is 1.15 bits per heavy atom. The summed E-state index contributed by atoms with van der Waals surface area (Å²) in [5.74, 6) is 0.148. The zero-order chi connectivity index (χ0) is 19.2. The van der Waals surface area contributed by atoms with E-state index in [0.717, 1.165) is 29.8 Å². The van der Waals surface area contributed by atoms with Gasteiger partial charge >= 0.3 is 0 Å². The standard InChI is InChI=1S/C21H23ClN2O2S/c1-27-19-11-5-3-9-17(19)21(26)24-12-6-7-15(14-24)13-23-20(25)16-8-2-4-10-18(16)22/h2-5,8-11,15H,6-7,12-14H2,1H3,(H,23,25)/t15-/m0/s1. The molecule has 4 nitrogen and oxygen atoms in total. The van der Waals surface area contributed by atoms with E-state index in [9.17, 15) is 9.59 Å². The van der Waals surface area contributed by atoms with Crippen molar-refractivity contribution in [2.24, 2.45) is 5.92 Å². The lowest BCUT2D eigenvalue weighted by Gasteiger charge is -2.33. The molecule has 6 heteroatoms. The van der Waals surface area contributed by atoms with E-state index in [4.69, 9.17) is 11.6 Å². The summed E-state index contributed by atoms with van der Waals surface area (Å²) in [6.07, 6.45) is 3.92. The highest BCUT2D eigenvalue weighted by atomic mass is 35.5. The Balaban J connectivity index is 1.60. The van der Waals surface area contributed by atoms with Gasteiger partial charge in [0.2, 0.25) is 0 Å². The summed E-state index contributed by atoms with van der Waals surface area (Å²) in [5.41, 5.74) is 1.24. The molecule has 2 aromatic carbocycles. The number of nitrogens with one attached hydrogen (secondary N) is 1. The molecule has 0 bridgehead atoms. The molecule has 1 aliphatic rings. The van der Waals surface area contributed by atoms with E-state index in [2.05, 4.69) is 5.32 Å². The summed E-state index contributed by atoms with van der Waals surface area (Å²) in [4.78, 5) is 28.2. The van der Waals surface area contributed by atoms with Crippen molar-refractivity contribution in [2.45, 2.75) is 17.7 Å². The van der Waals surface area contributed by atoms with Crippen molar-refractivity contribution in [3.63, 3.8) is 0 Å². The summed E-state index contributed by atoms with van der Waals surface area (Å²) in [7, 11) is 0. The molecule has 1 saturated heterocycles. The minimum atomic E-state index is -0.170. The van der Waals surface area contributed by atoms with E-state index in [1.807, 2.05) is 35.4 Å². The third-order valence-corrected chi connectivity index (χ3v) is 5.94. The minimum absolute atomic E-state index is 0.0714. The third kappa shape index (κ3) is 4.85. The van der Waals surface area contributed by atoms with Gasteiger partial charge in [0.15, 0.2) is 0 Å². The number of halogens is 1. The van der Waals surface area contributed by atoms with Crippen LogP contribution in [0.4, 0.5) is 0 Å². The quantitative estimate of drug-likeness (QED) is 0.756. The topological polar surface area (TPSA) is 49.4 Å². The van der Waals surface area contributed by atoms with Crippen molar-refractivity contribution in [2.75, 3.05) is 25.9 Å². The number of amides is 2. The maximum atomic E-state index is 12.9. The molecule has 1 heterocycles. The second-order valence-corrected chi connectivity index (χ2v) is 7.90. The average Bonchev–Trinajstić information content (AvgIpc) is 2.72. The van der Waals surface area contributed by atoms with Crippen LogP contribution in [0.25, 0.3) is 0 Å². The fourth-order valence-electron chi connectivity index (χ4n) is 3.39. The summed E-state index contributed by atoms with van der Waals surface area (Å²) in [6.45, 7) is 1.96. The van der Waals surface area contributed by atoms with Crippen LogP contribution < -0.4 is 5.32 Å². The molecule has 1 aliphatic heterocycles. The predicted molar refractivity (Wildman–Crippen MR) is 111 cm³/mol. The number of piperidine rings is 1. The zero-order valence-corrected chi connectivity index (χ0v) is 16.9.